The van der Waals surface area contributed by atoms with Gasteiger partial charge in [0.1, 0.15) is 18.5 Å². The average Bonchev–Trinajstić information content (AvgIpc) is 3.34. The summed E-state index contributed by atoms with van der Waals surface area (Å²) in [4.78, 5) is 24.9. The van der Waals surface area contributed by atoms with Gasteiger partial charge in [-0.3, -0.25) is 9.89 Å². The number of aromatic nitrogens is 7. The summed E-state index contributed by atoms with van der Waals surface area (Å²) < 4.78 is 1.49. The van der Waals surface area contributed by atoms with E-state index in [-0.39, 0.29) is 5.91 Å². The molecular formula is C17H14N8O. The first-order chi connectivity index (χ1) is 12.7. The van der Waals surface area contributed by atoms with Crippen LogP contribution in [0.15, 0.2) is 55.2 Å². The second-order valence-corrected chi connectivity index (χ2v) is 5.52. The predicted octanol–water partition coefficient (Wildman–Crippen LogP) is 2.01. The second-order valence-electron chi connectivity index (χ2n) is 5.52. The summed E-state index contributed by atoms with van der Waals surface area (Å²) in [6.45, 7) is 1.83. The minimum absolute atomic E-state index is 0.253. The molecule has 0 saturated heterocycles. The molecule has 4 aromatic rings. The van der Waals surface area contributed by atoms with Gasteiger partial charge in [-0.05, 0) is 31.2 Å². The molecule has 128 valence electrons. The SMILES string of the molecule is Cc1nc(-c2cccc(NC(=O)c3ccnc(-n4cncn4)c3)c2)n[nH]1. The van der Waals surface area contributed by atoms with Crippen LogP contribution < -0.4 is 5.32 Å². The molecule has 1 amide bonds. The molecule has 0 radical (unpaired) electrons. The first kappa shape index (κ1) is 15.6. The maximum absolute atomic E-state index is 12.6. The molecule has 0 aliphatic rings. The maximum atomic E-state index is 12.6. The van der Waals surface area contributed by atoms with Crippen molar-refractivity contribution in [3.05, 3.63) is 66.6 Å². The van der Waals surface area contributed by atoms with Crippen LogP contribution in [0.25, 0.3) is 17.2 Å². The van der Waals surface area contributed by atoms with Gasteiger partial charge in [0.2, 0.25) is 0 Å². The largest absolute Gasteiger partial charge is 0.322 e. The van der Waals surface area contributed by atoms with E-state index in [4.69, 9.17) is 0 Å². The molecule has 0 saturated carbocycles. The summed E-state index contributed by atoms with van der Waals surface area (Å²) >= 11 is 0. The van der Waals surface area contributed by atoms with Crippen molar-refractivity contribution >= 4 is 11.6 Å². The molecule has 4 rings (SSSR count). The van der Waals surface area contributed by atoms with Crippen molar-refractivity contribution < 1.29 is 4.79 Å². The molecule has 2 N–H and O–H groups in total. The number of rotatable bonds is 4. The van der Waals surface area contributed by atoms with Gasteiger partial charge in [-0.25, -0.2) is 19.6 Å². The summed E-state index contributed by atoms with van der Waals surface area (Å²) in [5.74, 6) is 1.57. The number of benzene rings is 1. The summed E-state index contributed by atoms with van der Waals surface area (Å²) in [5.41, 5.74) is 1.92. The van der Waals surface area contributed by atoms with Gasteiger partial charge in [0.15, 0.2) is 11.6 Å². The monoisotopic (exact) mass is 346 g/mol. The predicted molar refractivity (Wildman–Crippen MR) is 93.7 cm³/mol. The standard InChI is InChI=1S/C17H14N8O/c1-11-21-16(24-23-11)12-3-2-4-14(7-12)22-17(26)13-5-6-19-15(8-13)25-10-18-9-20-25/h2-10H,1H3,(H,22,26)(H,21,23,24). The van der Waals surface area contributed by atoms with Crippen LogP contribution >= 0.6 is 0 Å². The topological polar surface area (TPSA) is 114 Å². The minimum Gasteiger partial charge on any atom is -0.322 e. The quantitative estimate of drug-likeness (QED) is 0.584. The lowest BCUT2D eigenvalue weighted by Crippen LogP contribution is -2.13. The van der Waals surface area contributed by atoms with E-state index in [1.54, 1.807) is 24.4 Å². The third-order valence-corrected chi connectivity index (χ3v) is 3.64. The zero-order valence-electron chi connectivity index (χ0n) is 13.8. The van der Waals surface area contributed by atoms with Gasteiger partial charge in [0.05, 0.1) is 0 Å². The van der Waals surface area contributed by atoms with Crippen molar-refractivity contribution in [3.63, 3.8) is 0 Å². The van der Waals surface area contributed by atoms with Crippen LogP contribution in [-0.2, 0) is 0 Å². The highest BCUT2D eigenvalue weighted by Crippen LogP contribution is 2.20. The molecule has 0 bridgehead atoms. The number of hydrogen-bond donors (Lipinski definition) is 2. The van der Waals surface area contributed by atoms with Crippen LogP contribution in [-0.4, -0.2) is 40.8 Å². The smallest absolute Gasteiger partial charge is 0.255 e. The van der Waals surface area contributed by atoms with Crippen molar-refractivity contribution in [1.82, 2.24) is 34.9 Å². The zero-order valence-corrected chi connectivity index (χ0v) is 13.8. The minimum atomic E-state index is -0.253. The van der Waals surface area contributed by atoms with E-state index < -0.39 is 0 Å². The Kier molecular flexibility index (Phi) is 3.94. The molecule has 3 aromatic heterocycles. The molecule has 0 unspecified atom stereocenters. The molecule has 9 nitrogen and oxygen atoms in total. The van der Waals surface area contributed by atoms with Gasteiger partial charge in [-0.15, -0.1) is 0 Å². The van der Waals surface area contributed by atoms with Gasteiger partial charge in [0, 0.05) is 23.0 Å². The van der Waals surface area contributed by atoms with Crippen LogP contribution in [0.4, 0.5) is 5.69 Å². The number of carbonyl (C=O) groups is 1. The Morgan fingerprint density at radius 1 is 1.23 bits per heavy atom. The fourth-order valence-electron chi connectivity index (χ4n) is 2.42. The number of hydrogen-bond acceptors (Lipinski definition) is 6. The van der Waals surface area contributed by atoms with E-state index in [9.17, 15) is 4.79 Å². The number of nitrogens with zero attached hydrogens (tertiary/aromatic N) is 6. The van der Waals surface area contributed by atoms with Crippen LogP contribution in [0.3, 0.4) is 0 Å². The molecular weight excluding hydrogens is 332 g/mol. The molecule has 9 heteroatoms. The van der Waals surface area contributed by atoms with Gasteiger partial charge in [0.25, 0.3) is 5.91 Å². The van der Waals surface area contributed by atoms with Crippen LogP contribution in [0.1, 0.15) is 16.2 Å². The molecule has 0 spiro atoms. The summed E-state index contributed by atoms with van der Waals surface area (Å²) in [6.07, 6.45) is 4.48. The number of nitrogens with one attached hydrogen (secondary N) is 2. The molecule has 0 aliphatic heterocycles. The molecule has 0 aliphatic carbocycles. The van der Waals surface area contributed by atoms with E-state index in [1.807, 2.05) is 25.1 Å². The lowest BCUT2D eigenvalue weighted by molar-refractivity contribution is 0.102. The fraction of sp³-hybridized carbons (Fsp3) is 0.0588. The molecule has 0 atom stereocenters. The summed E-state index contributed by atoms with van der Waals surface area (Å²) in [5, 5.41) is 13.8. The van der Waals surface area contributed by atoms with Gasteiger partial charge >= 0.3 is 0 Å². The van der Waals surface area contributed by atoms with Crippen molar-refractivity contribution in [1.29, 1.82) is 0 Å². The summed E-state index contributed by atoms with van der Waals surface area (Å²) in [7, 11) is 0. The first-order valence-corrected chi connectivity index (χ1v) is 7.81. The Hall–Kier alpha value is -3.88. The van der Waals surface area contributed by atoms with Crippen molar-refractivity contribution in [2.45, 2.75) is 6.92 Å². The van der Waals surface area contributed by atoms with Gasteiger partial charge in [-0.1, -0.05) is 12.1 Å². The van der Waals surface area contributed by atoms with Crippen LogP contribution in [0.5, 0.6) is 0 Å². The lowest BCUT2D eigenvalue weighted by atomic mass is 10.1. The zero-order chi connectivity index (χ0) is 17.9. The highest BCUT2D eigenvalue weighted by molar-refractivity contribution is 6.04. The average molecular weight is 346 g/mol. The number of H-pyrrole nitrogens is 1. The molecule has 0 fully saturated rings. The highest BCUT2D eigenvalue weighted by Gasteiger charge is 2.10. The normalized spacial score (nSPS) is 10.7. The number of pyridine rings is 1. The molecule has 1 aromatic carbocycles. The lowest BCUT2D eigenvalue weighted by Gasteiger charge is -2.07. The molecule has 26 heavy (non-hydrogen) atoms. The van der Waals surface area contributed by atoms with E-state index in [2.05, 4.69) is 35.6 Å². The van der Waals surface area contributed by atoms with E-state index in [1.165, 1.54) is 17.3 Å². The van der Waals surface area contributed by atoms with Gasteiger partial charge in [-0.2, -0.15) is 10.2 Å². The summed E-state index contributed by atoms with van der Waals surface area (Å²) in [6, 6.07) is 10.6. The van der Waals surface area contributed by atoms with Crippen LogP contribution in [0.2, 0.25) is 0 Å². The molecule has 3 heterocycles. The number of carbonyl (C=O) groups excluding carboxylic acids is 1. The Balaban J connectivity index is 1.56. The maximum Gasteiger partial charge on any atom is 0.255 e. The van der Waals surface area contributed by atoms with Crippen molar-refractivity contribution in [2.24, 2.45) is 0 Å². The first-order valence-electron chi connectivity index (χ1n) is 7.81. The number of anilines is 1. The van der Waals surface area contributed by atoms with E-state index in [0.29, 0.717) is 22.9 Å². The van der Waals surface area contributed by atoms with E-state index in [0.717, 1.165) is 11.4 Å². The fourth-order valence-corrected chi connectivity index (χ4v) is 2.42. The third kappa shape index (κ3) is 3.18. The van der Waals surface area contributed by atoms with Gasteiger partial charge < -0.3 is 5.32 Å². The number of amides is 1. The number of aryl methyl sites for hydroxylation is 1. The number of aromatic amines is 1. The van der Waals surface area contributed by atoms with Crippen molar-refractivity contribution in [3.8, 4) is 17.2 Å². The van der Waals surface area contributed by atoms with Crippen LogP contribution in [0, 0.1) is 6.92 Å². The van der Waals surface area contributed by atoms with Crippen molar-refractivity contribution in [2.75, 3.05) is 5.32 Å². The Morgan fingerprint density at radius 2 is 2.15 bits per heavy atom. The third-order valence-electron chi connectivity index (χ3n) is 3.64. The Labute approximate surface area is 148 Å². The highest BCUT2D eigenvalue weighted by atomic mass is 16.1. The second kappa shape index (κ2) is 6.55. The van der Waals surface area contributed by atoms with E-state index >= 15 is 0 Å². The Morgan fingerprint density at radius 3 is 2.92 bits per heavy atom. The Bertz CT molecular complexity index is 1050.